The summed E-state index contributed by atoms with van der Waals surface area (Å²) in [6.07, 6.45) is -0.678. The van der Waals surface area contributed by atoms with E-state index in [-0.39, 0.29) is 6.04 Å². The third-order valence-corrected chi connectivity index (χ3v) is 2.36. The Kier molecular flexibility index (Phi) is 2.15. The van der Waals surface area contributed by atoms with E-state index >= 15 is 0 Å². The van der Waals surface area contributed by atoms with E-state index in [9.17, 15) is 5.11 Å². The second-order valence-electron chi connectivity index (χ2n) is 3.10. The lowest BCUT2D eigenvalue weighted by Gasteiger charge is -2.27. The van der Waals surface area contributed by atoms with E-state index in [4.69, 9.17) is 22.1 Å². The van der Waals surface area contributed by atoms with Crippen molar-refractivity contribution >= 4 is 11.6 Å². The van der Waals surface area contributed by atoms with Crippen LogP contribution in [-0.4, -0.2) is 17.8 Å². The van der Waals surface area contributed by atoms with Gasteiger partial charge in [0.1, 0.15) is 18.5 Å². The Morgan fingerprint density at radius 3 is 3.08 bits per heavy atom. The summed E-state index contributed by atoms with van der Waals surface area (Å²) in [7, 11) is 0. The highest BCUT2D eigenvalue weighted by Gasteiger charge is 2.26. The third kappa shape index (κ3) is 1.50. The third-order valence-electron chi connectivity index (χ3n) is 2.13. The molecule has 3 nitrogen and oxygen atoms in total. The molecular formula is C9H10ClNO2. The first-order valence-electron chi connectivity index (χ1n) is 4.04. The van der Waals surface area contributed by atoms with Gasteiger partial charge in [-0.25, -0.2) is 0 Å². The van der Waals surface area contributed by atoms with Gasteiger partial charge < -0.3 is 15.6 Å². The van der Waals surface area contributed by atoms with E-state index in [0.717, 1.165) is 0 Å². The smallest absolute Gasteiger partial charge is 0.125 e. The van der Waals surface area contributed by atoms with Gasteiger partial charge in [0.15, 0.2) is 0 Å². The van der Waals surface area contributed by atoms with Gasteiger partial charge in [-0.2, -0.15) is 0 Å². The van der Waals surface area contributed by atoms with Gasteiger partial charge in [-0.1, -0.05) is 11.6 Å². The fourth-order valence-electron chi connectivity index (χ4n) is 1.39. The van der Waals surface area contributed by atoms with Crippen molar-refractivity contribution in [1.29, 1.82) is 0 Å². The van der Waals surface area contributed by atoms with Crippen LogP contribution in [-0.2, 0) is 0 Å². The lowest BCUT2D eigenvalue weighted by molar-refractivity contribution is 0.0916. The molecule has 4 heteroatoms. The van der Waals surface area contributed by atoms with Gasteiger partial charge in [0.25, 0.3) is 0 Å². The van der Waals surface area contributed by atoms with E-state index in [1.807, 2.05) is 0 Å². The predicted molar refractivity (Wildman–Crippen MR) is 49.9 cm³/mol. The van der Waals surface area contributed by atoms with Crippen LogP contribution in [0.5, 0.6) is 5.75 Å². The Bertz CT molecular complexity index is 329. The fourth-order valence-corrected chi connectivity index (χ4v) is 1.57. The normalized spacial score (nSPS) is 26.4. The van der Waals surface area contributed by atoms with Crippen molar-refractivity contribution in [2.45, 2.75) is 12.1 Å². The standard InChI is InChI=1S/C9H10ClNO2/c10-5-1-2-8-6(3-5)9(12)7(11)4-13-8/h1-3,7,9,12H,4,11H2/t7-,9-/m1/s1. The van der Waals surface area contributed by atoms with E-state index < -0.39 is 6.10 Å². The second-order valence-corrected chi connectivity index (χ2v) is 3.54. The van der Waals surface area contributed by atoms with Gasteiger partial charge in [0.05, 0.1) is 6.04 Å². The number of halogens is 1. The summed E-state index contributed by atoms with van der Waals surface area (Å²) < 4.78 is 5.32. The lowest BCUT2D eigenvalue weighted by atomic mass is 10.00. The maximum absolute atomic E-state index is 9.69. The van der Waals surface area contributed by atoms with Crippen molar-refractivity contribution in [3.8, 4) is 5.75 Å². The molecule has 0 saturated carbocycles. The number of benzene rings is 1. The van der Waals surface area contributed by atoms with E-state index in [1.165, 1.54) is 0 Å². The van der Waals surface area contributed by atoms with Crippen molar-refractivity contribution in [3.63, 3.8) is 0 Å². The molecule has 3 N–H and O–H groups in total. The molecule has 2 rings (SSSR count). The van der Waals surface area contributed by atoms with Crippen molar-refractivity contribution in [2.75, 3.05) is 6.61 Å². The van der Waals surface area contributed by atoms with Crippen LogP contribution in [0.4, 0.5) is 0 Å². The number of aliphatic hydroxyl groups is 1. The van der Waals surface area contributed by atoms with E-state index in [2.05, 4.69) is 0 Å². The van der Waals surface area contributed by atoms with Crippen molar-refractivity contribution in [3.05, 3.63) is 28.8 Å². The molecule has 0 unspecified atom stereocenters. The van der Waals surface area contributed by atoms with Gasteiger partial charge in [-0.3, -0.25) is 0 Å². The molecule has 13 heavy (non-hydrogen) atoms. The molecule has 0 radical (unpaired) electrons. The highest BCUT2D eigenvalue weighted by atomic mass is 35.5. The molecule has 2 atom stereocenters. The molecule has 0 fully saturated rings. The molecular weight excluding hydrogens is 190 g/mol. The highest BCUT2D eigenvalue weighted by Crippen LogP contribution is 2.33. The summed E-state index contributed by atoms with van der Waals surface area (Å²) in [6.45, 7) is 0.343. The van der Waals surface area contributed by atoms with Gasteiger partial charge in [-0.15, -0.1) is 0 Å². The van der Waals surface area contributed by atoms with Crippen molar-refractivity contribution < 1.29 is 9.84 Å². The number of aliphatic hydroxyl groups excluding tert-OH is 1. The topological polar surface area (TPSA) is 55.5 Å². The molecule has 1 heterocycles. The van der Waals surface area contributed by atoms with Crippen molar-refractivity contribution in [2.24, 2.45) is 5.73 Å². The first kappa shape index (κ1) is 8.81. The second kappa shape index (κ2) is 3.18. The summed E-state index contributed by atoms with van der Waals surface area (Å²) in [5, 5.41) is 10.3. The van der Waals surface area contributed by atoms with Crippen LogP contribution in [0.1, 0.15) is 11.7 Å². The Labute approximate surface area is 81.1 Å². The minimum absolute atomic E-state index is 0.343. The molecule has 0 aromatic heterocycles. The number of hydrogen-bond acceptors (Lipinski definition) is 3. The Morgan fingerprint density at radius 1 is 1.54 bits per heavy atom. The highest BCUT2D eigenvalue weighted by molar-refractivity contribution is 6.30. The molecule has 1 aliphatic rings. The predicted octanol–water partition coefficient (Wildman–Crippen LogP) is 1.09. The zero-order valence-corrected chi connectivity index (χ0v) is 7.66. The molecule has 1 aliphatic heterocycles. The van der Waals surface area contributed by atoms with Crippen LogP contribution in [0, 0.1) is 0 Å². The van der Waals surface area contributed by atoms with Crippen LogP contribution < -0.4 is 10.5 Å². The minimum atomic E-state index is -0.678. The number of hydrogen-bond donors (Lipinski definition) is 2. The van der Waals surface area contributed by atoms with Crippen molar-refractivity contribution in [1.82, 2.24) is 0 Å². The SMILES string of the molecule is N[C@@H]1COc2ccc(Cl)cc2[C@H]1O. The number of rotatable bonds is 0. The fraction of sp³-hybridized carbons (Fsp3) is 0.333. The van der Waals surface area contributed by atoms with Crippen LogP contribution in [0.15, 0.2) is 18.2 Å². The zero-order chi connectivity index (χ0) is 9.42. The monoisotopic (exact) mass is 199 g/mol. The Morgan fingerprint density at radius 2 is 2.31 bits per heavy atom. The Hall–Kier alpha value is -0.770. The molecule has 0 saturated heterocycles. The number of fused-ring (bicyclic) bond motifs is 1. The van der Waals surface area contributed by atoms with Crippen LogP contribution in [0.3, 0.4) is 0 Å². The number of nitrogens with two attached hydrogens (primary N) is 1. The van der Waals surface area contributed by atoms with Gasteiger partial charge >= 0.3 is 0 Å². The quantitative estimate of drug-likeness (QED) is 0.658. The summed E-state index contributed by atoms with van der Waals surface area (Å²) >= 11 is 5.78. The summed E-state index contributed by atoms with van der Waals surface area (Å²) in [4.78, 5) is 0. The van der Waals surface area contributed by atoms with Gasteiger partial charge in [0, 0.05) is 10.6 Å². The first-order valence-corrected chi connectivity index (χ1v) is 4.42. The van der Waals surface area contributed by atoms with Crippen LogP contribution >= 0.6 is 11.6 Å². The molecule has 0 bridgehead atoms. The lowest BCUT2D eigenvalue weighted by Crippen LogP contribution is -2.38. The minimum Gasteiger partial charge on any atom is -0.491 e. The largest absolute Gasteiger partial charge is 0.491 e. The average Bonchev–Trinajstić information content (AvgIpc) is 2.12. The molecule has 0 amide bonds. The molecule has 70 valence electrons. The van der Waals surface area contributed by atoms with Crippen LogP contribution in [0.2, 0.25) is 5.02 Å². The molecule has 0 spiro atoms. The average molecular weight is 200 g/mol. The maximum atomic E-state index is 9.69. The van der Waals surface area contributed by atoms with Gasteiger partial charge in [0.2, 0.25) is 0 Å². The summed E-state index contributed by atoms with van der Waals surface area (Å²) in [6, 6.07) is 4.78. The Balaban J connectivity index is 2.45. The summed E-state index contributed by atoms with van der Waals surface area (Å²) in [5.74, 6) is 0.665. The van der Waals surface area contributed by atoms with E-state index in [1.54, 1.807) is 18.2 Å². The maximum Gasteiger partial charge on any atom is 0.125 e. The number of ether oxygens (including phenoxy) is 1. The molecule has 1 aromatic rings. The van der Waals surface area contributed by atoms with Gasteiger partial charge in [-0.05, 0) is 18.2 Å². The van der Waals surface area contributed by atoms with Crippen LogP contribution in [0.25, 0.3) is 0 Å². The first-order chi connectivity index (χ1) is 6.18. The zero-order valence-electron chi connectivity index (χ0n) is 6.90. The molecule has 1 aromatic carbocycles. The summed E-state index contributed by atoms with van der Waals surface area (Å²) in [5.41, 5.74) is 6.30. The van der Waals surface area contributed by atoms with E-state index in [0.29, 0.717) is 22.9 Å². The molecule has 0 aliphatic carbocycles.